The van der Waals surface area contributed by atoms with E-state index >= 15 is 0 Å². The maximum atomic E-state index is 12.2. The highest BCUT2D eigenvalue weighted by Gasteiger charge is 2.16. The van der Waals surface area contributed by atoms with E-state index in [1.807, 2.05) is 0 Å². The van der Waals surface area contributed by atoms with E-state index in [1.54, 1.807) is 0 Å². The summed E-state index contributed by atoms with van der Waals surface area (Å²) in [6.45, 7) is 4.13. The second-order valence-electron chi connectivity index (χ2n) is 13.7. The summed E-state index contributed by atoms with van der Waals surface area (Å²) in [5, 5.41) is 9.56. The minimum absolute atomic E-state index is 0.0689. The van der Waals surface area contributed by atoms with Crippen molar-refractivity contribution >= 4 is 11.9 Å². The van der Waals surface area contributed by atoms with Crippen LogP contribution in [0.4, 0.5) is 0 Å². The first kappa shape index (κ1) is 45.4. The van der Waals surface area contributed by atoms with Crippen LogP contribution in [0.15, 0.2) is 24.3 Å². The van der Waals surface area contributed by atoms with Crippen molar-refractivity contribution in [2.75, 3.05) is 13.2 Å². The zero-order valence-electron chi connectivity index (χ0n) is 31.3. The molecule has 0 aliphatic carbocycles. The fraction of sp³-hybridized carbons (Fsp3) is 0.857. The van der Waals surface area contributed by atoms with Crippen LogP contribution >= 0.6 is 0 Å². The lowest BCUT2D eigenvalue weighted by atomic mass is 10.1. The molecule has 0 bridgehead atoms. The lowest BCUT2D eigenvalue weighted by molar-refractivity contribution is -0.161. The average Bonchev–Trinajstić information content (AvgIpc) is 3.07. The lowest BCUT2D eigenvalue weighted by Gasteiger charge is -2.15. The van der Waals surface area contributed by atoms with E-state index < -0.39 is 6.10 Å². The van der Waals surface area contributed by atoms with Crippen LogP contribution in [0.25, 0.3) is 0 Å². The van der Waals surface area contributed by atoms with Crippen molar-refractivity contribution in [2.24, 2.45) is 0 Å². The summed E-state index contributed by atoms with van der Waals surface area (Å²) in [6, 6.07) is 0. The summed E-state index contributed by atoms with van der Waals surface area (Å²) in [4.78, 5) is 24.3. The van der Waals surface area contributed by atoms with E-state index in [4.69, 9.17) is 9.47 Å². The molecular weight excluding hydrogens is 584 g/mol. The molecule has 5 nitrogen and oxygen atoms in total. The molecule has 0 radical (unpaired) electrons. The van der Waals surface area contributed by atoms with Crippen LogP contribution in [0, 0.1) is 0 Å². The normalized spacial score (nSPS) is 12.3. The molecule has 0 aromatic rings. The van der Waals surface area contributed by atoms with Gasteiger partial charge < -0.3 is 14.6 Å². The van der Waals surface area contributed by atoms with Gasteiger partial charge in [-0.3, -0.25) is 9.59 Å². The summed E-state index contributed by atoms with van der Waals surface area (Å²) < 4.78 is 10.6. The van der Waals surface area contributed by atoms with E-state index in [0.29, 0.717) is 12.8 Å². The standard InChI is InChI=1S/C42H78O5/c1-3-5-7-9-11-13-15-17-19-21-23-25-27-29-31-33-35-37-42(45)47-40(38-43)39-46-41(44)36-34-32-30-28-26-24-22-20-18-16-14-12-10-8-6-4-2/h17,19-20,22,40,43H,3-16,18,21,23-39H2,1-2H3/b19-17-,22-20-. The highest BCUT2D eigenvalue weighted by molar-refractivity contribution is 5.70. The van der Waals surface area contributed by atoms with Gasteiger partial charge in [-0.15, -0.1) is 0 Å². The number of carbonyl (C=O) groups excluding carboxylic acids is 2. The van der Waals surface area contributed by atoms with Gasteiger partial charge in [-0.1, -0.05) is 160 Å². The predicted octanol–water partition coefficient (Wildman–Crippen LogP) is 12.7. The summed E-state index contributed by atoms with van der Waals surface area (Å²) in [7, 11) is 0. The molecule has 0 saturated heterocycles. The minimum Gasteiger partial charge on any atom is -0.462 e. The highest BCUT2D eigenvalue weighted by atomic mass is 16.6. The van der Waals surface area contributed by atoms with Crippen molar-refractivity contribution in [3.63, 3.8) is 0 Å². The second kappa shape index (κ2) is 38.8. The summed E-state index contributed by atoms with van der Waals surface area (Å²) in [5.74, 6) is -0.600. The lowest BCUT2D eigenvalue weighted by Crippen LogP contribution is -2.28. The van der Waals surface area contributed by atoms with E-state index in [-0.39, 0.29) is 25.2 Å². The second-order valence-corrected chi connectivity index (χ2v) is 13.7. The molecule has 1 unspecified atom stereocenters. The first-order valence-corrected chi connectivity index (χ1v) is 20.4. The van der Waals surface area contributed by atoms with Gasteiger partial charge in [-0.25, -0.2) is 0 Å². The maximum absolute atomic E-state index is 12.2. The average molecular weight is 663 g/mol. The molecule has 5 heteroatoms. The number of esters is 2. The molecule has 0 saturated carbocycles. The van der Waals surface area contributed by atoms with E-state index in [9.17, 15) is 14.7 Å². The Morgan fingerprint density at radius 1 is 0.468 bits per heavy atom. The van der Waals surface area contributed by atoms with Gasteiger partial charge in [0.15, 0.2) is 6.10 Å². The number of unbranched alkanes of at least 4 members (excludes halogenated alkanes) is 25. The largest absolute Gasteiger partial charge is 0.462 e. The Labute approximate surface area is 292 Å². The smallest absolute Gasteiger partial charge is 0.306 e. The summed E-state index contributed by atoms with van der Waals surface area (Å²) in [5.41, 5.74) is 0. The van der Waals surface area contributed by atoms with Gasteiger partial charge in [0.05, 0.1) is 6.61 Å². The highest BCUT2D eigenvalue weighted by Crippen LogP contribution is 2.13. The zero-order chi connectivity index (χ0) is 34.3. The van der Waals surface area contributed by atoms with Crippen LogP contribution in [0.2, 0.25) is 0 Å². The Hall–Kier alpha value is -1.62. The van der Waals surface area contributed by atoms with Crippen molar-refractivity contribution in [2.45, 2.75) is 219 Å². The third-order valence-corrected chi connectivity index (χ3v) is 8.97. The number of allylic oxidation sites excluding steroid dienone is 4. The van der Waals surface area contributed by atoms with Crippen molar-refractivity contribution in [3.8, 4) is 0 Å². The molecule has 0 fully saturated rings. The van der Waals surface area contributed by atoms with Crippen molar-refractivity contribution < 1.29 is 24.2 Å². The van der Waals surface area contributed by atoms with Crippen molar-refractivity contribution in [1.29, 1.82) is 0 Å². The number of aliphatic hydroxyl groups excluding tert-OH is 1. The molecule has 1 atom stereocenters. The zero-order valence-corrected chi connectivity index (χ0v) is 31.3. The van der Waals surface area contributed by atoms with Gasteiger partial charge in [-0.05, 0) is 64.2 Å². The summed E-state index contributed by atoms with van der Waals surface area (Å²) >= 11 is 0. The number of carbonyl (C=O) groups is 2. The number of hydrogen-bond acceptors (Lipinski definition) is 5. The van der Waals surface area contributed by atoms with Crippen LogP contribution < -0.4 is 0 Å². The Kier molecular flexibility index (Phi) is 37.5. The Bertz CT molecular complexity index is 716. The third kappa shape index (κ3) is 37.1. The molecule has 0 aliphatic rings. The van der Waals surface area contributed by atoms with Crippen LogP contribution in [0.1, 0.15) is 213 Å². The van der Waals surface area contributed by atoms with Crippen LogP contribution in [0.3, 0.4) is 0 Å². The van der Waals surface area contributed by atoms with Gasteiger partial charge in [0.1, 0.15) is 6.61 Å². The van der Waals surface area contributed by atoms with Crippen LogP contribution in [0.5, 0.6) is 0 Å². The Morgan fingerprint density at radius 2 is 0.787 bits per heavy atom. The molecule has 276 valence electrons. The van der Waals surface area contributed by atoms with Crippen molar-refractivity contribution in [3.05, 3.63) is 24.3 Å². The molecular formula is C42H78O5. The minimum atomic E-state index is -0.773. The summed E-state index contributed by atoms with van der Waals surface area (Å²) in [6.07, 6.45) is 45.2. The molecule has 0 rings (SSSR count). The molecule has 0 aliphatic heterocycles. The van der Waals surface area contributed by atoms with E-state index in [2.05, 4.69) is 38.2 Å². The fourth-order valence-electron chi connectivity index (χ4n) is 5.84. The van der Waals surface area contributed by atoms with Gasteiger partial charge in [0.2, 0.25) is 0 Å². The quantitative estimate of drug-likeness (QED) is 0.0407. The number of rotatable bonds is 37. The molecule has 0 amide bonds. The maximum Gasteiger partial charge on any atom is 0.306 e. The van der Waals surface area contributed by atoms with Gasteiger partial charge >= 0.3 is 11.9 Å². The van der Waals surface area contributed by atoms with Gasteiger partial charge in [0, 0.05) is 12.8 Å². The molecule has 0 aromatic carbocycles. The SMILES string of the molecule is CCCCCCCC/C=C\CCCCCCCCCC(=O)OC(CO)COC(=O)CCCCCCC/C=C\CCCCCCCCC. The van der Waals surface area contributed by atoms with Crippen LogP contribution in [-0.2, 0) is 19.1 Å². The van der Waals surface area contributed by atoms with Crippen LogP contribution in [-0.4, -0.2) is 36.4 Å². The molecule has 0 heterocycles. The molecule has 0 aromatic heterocycles. The monoisotopic (exact) mass is 663 g/mol. The number of aliphatic hydroxyl groups is 1. The predicted molar refractivity (Wildman–Crippen MR) is 201 cm³/mol. The topological polar surface area (TPSA) is 72.8 Å². The first-order valence-electron chi connectivity index (χ1n) is 20.4. The van der Waals surface area contributed by atoms with Gasteiger partial charge in [0.25, 0.3) is 0 Å². The third-order valence-electron chi connectivity index (χ3n) is 8.97. The fourth-order valence-corrected chi connectivity index (χ4v) is 5.84. The Morgan fingerprint density at radius 3 is 1.15 bits per heavy atom. The molecule has 1 N–H and O–H groups in total. The number of ether oxygens (including phenoxy) is 2. The number of hydrogen-bond donors (Lipinski definition) is 1. The van der Waals surface area contributed by atoms with E-state index in [1.165, 1.54) is 141 Å². The van der Waals surface area contributed by atoms with Crippen molar-refractivity contribution in [1.82, 2.24) is 0 Å². The Balaban J connectivity index is 3.55. The first-order chi connectivity index (χ1) is 23.1. The molecule has 47 heavy (non-hydrogen) atoms. The van der Waals surface area contributed by atoms with Gasteiger partial charge in [-0.2, -0.15) is 0 Å². The molecule has 0 spiro atoms. The van der Waals surface area contributed by atoms with E-state index in [0.717, 1.165) is 44.9 Å².